The molecule has 5 heteroatoms. The SMILES string of the molecule is CCOCc1cccc(NC(=O)C2(C(=O)O)CC2)c1. The molecule has 1 amide bonds. The van der Waals surface area contributed by atoms with Crippen LogP contribution in [0.1, 0.15) is 25.3 Å². The van der Waals surface area contributed by atoms with Crippen LogP contribution >= 0.6 is 0 Å². The number of carbonyl (C=O) groups excluding carboxylic acids is 1. The van der Waals surface area contributed by atoms with E-state index in [2.05, 4.69) is 5.32 Å². The average Bonchev–Trinajstić information content (AvgIpc) is 3.18. The zero-order chi connectivity index (χ0) is 13.9. The third-order valence-corrected chi connectivity index (χ3v) is 3.25. The van der Waals surface area contributed by atoms with E-state index in [4.69, 9.17) is 9.84 Å². The molecular weight excluding hydrogens is 246 g/mol. The van der Waals surface area contributed by atoms with Crippen LogP contribution in [0.5, 0.6) is 0 Å². The highest BCUT2D eigenvalue weighted by atomic mass is 16.5. The summed E-state index contributed by atoms with van der Waals surface area (Å²) in [6.45, 7) is 3.01. The topological polar surface area (TPSA) is 75.6 Å². The molecular formula is C14H17NO4. The Morgan fingerprint density at radius 1 is 1.42 bits per heavy atom. The highest BCUT2D eigenvalue weighted by Gasteiger charge is 2.57. The maximum absolute atomic E-state index is 11.9. The van der Waals surface area contributed by atoms with Crippen molar-refractivity contribution in [2.75, 3.05) is 11.9 Å². The number of carboxylic acid groups (broad SMARTS) is 1. The molecule has 0 spiro atoms. The molecule has 1 aliphatic carbocycles. The first kappa shape index (κ1) is 13.5. The first-order valence-electron chi connectivity index (χ1n) is 6.30. The molecule has 1 fully saturated rings. The van der Waals surface area contributed by atoms with Gasteiger partial charge in [-0.1, -0.05) is 12.1 Å². The van der Waals surface area contributed by atoms with Crippen LogP contribution in [-0.2, 0) is 20.9 Å². The molecule has 0 aromatic heterocycles. The van der Waals surface area contributed by atoms with Crippen molar-refractivity contribution in [3.8, 4) is 0 Å². The quantitative estimate of drug-likeness (QED) is 0.770. The van der Waals surface area contributed by atoms with Crippen LogP contribution < -0.4 is 5.32 Å². The standard InChI is InChI=1S/C14H17NO4/c1-2-19-9-10-4-3-5-11(8-10)15-12(16)14(6-7-14)13(17)18/h3-5,8H,2,6-7,9H2,1H3,(H,15,16)(H,17,18). The van der Waals surface area contributed by atoms with Crippen molar-refractivity contribution < 1.29 is 19.4 Å². The van der Waals surface area contributed by atoms with Crippen molar-refractivity contribution in [1.29, 1.82) is 0 Å². The monoisotopic (exact) mass is 263 g/mol. The van der Waals surface area contributed by atoms with E-state index in [-0.39, 0.29) is 0 Å². The smallest absolute Gasteiger partial charge is 0.319 e. The summed E-state index contributed by atoms with van der Waals surface area (Å²) in [4.78, 5) is 23.0. The van der Waals surface area contributed by atoms with E-state index >= 15 is 0 Å². The molecule has 1 aromatic carbocycles. The van der Waals surface area contributed by atoms with Crippen molar-refractivity contribution in [2.45, 2.75) is 26.4 Å². The molecule has 0 bridgehead atoms. The van der Waals surface area contributed by atoms with Gasteiger partial charge in [0.1, 0.15) is 5.41 Å². The van der Waals surface area contributed by atoms with Gasteiger partial charge in [0.05, 0.1) is 6.61 Å². The Hall–Kier alpha value is -1.88. The molecule has 1 saturated carbocycles. The van der Waals surface area contributed by atoms with E-state index in [0.717, 1.165) is 5.56 Å². The van der Waals surface area contributed by atoms with Crippen LogP contribution in [0.2, 0.25) is 0 Å². The van der Waals surface area contributed by atoms with Gasteiger partial charge < -0.3 is 15.2 Å². The number of hydrogen-bond donors (Lipinski definition) is 2. The lowest BCUT2D eigenvalue weighted by atomic mass is 10.1. The van der Waals surface area contributed by atoms with Gasteiger partial charge in [0.2, 0.25) is 5.91 Å². The third-order valence-electron chi connectivity index (χ3n) is 3.25. The van der Waals surface area contributed by atoms with Crippen LogP contribution in [0.3, 0.4) is 0 Å². The van der Waals surface area contributed by atoms with Crippen molar-refractivity contribution in [1.82, 2.24) is 0 Å². The second-order valence-electron chi connectivity index (χ2n) is 4.68. The molecule has 2 N–H and O–H groups in total. The van der Waals surface area contributed by atoms with Gasteiger partial charge in [-0.3, -0.25) is 9.59 Å². The number of aliphatic carboxylic acids is 1. The van der Waals surface area contributed by atoms with Gasteiger partial charge in [0, 0.05) is 12.3 Å². The van der Waals surface area contributed by atoms with E-state index in [0.29, 0.717) is 31.7 Å². The summed E-state index contributed by atoms with van der Waals surface area (Å²) >= 11 is 0. The van der Waals surface area contributed by atoms with E-state index in [1.807, 2.05) is 19.1 Å². The summed E-state index contributed by atoms with van der Waals surface area (Å²) in [6.07, 6.45) is 0.819. The van der Waals surface area contributed by atoms with Crippen LogP contribution in [0.15, 0.2) is 24.3 Å². The summed E-state index contributed by atoms with van der Waals surface area (Å²) in [5.41, 5.74) is 0.338. The minimum Gasteiger partial charge on any atom is -0.480 e. The van der Waals surface area contributed by atoms with Gasteiger partial charge in [-0.15, -0.1) is 0 Å². The van der Waals surface area contributed by atoms with E-state index < -0.39 is 17.3 Å². The fourth-order valence-corrected chi connectivity index (χ4v) is 1.87. The Balaban J connectivity index is 2.03. The summed E-state index contributed by atoms with van der Waals surface area (Å²) in [5, 5.41) is 11.7. The molecule has 0 atom stereocenters. The zero-order valence-electron chi connectivity index (χ0n) is 10.8. The lowest BCUT2D eigenvalue weighted by Crippen LogP contribution is -2.31. The van der Waals surface area contributed by atoms with Crippen molar-refractivity contribution in [2.24, 2.45) is 5.41 Å². The summed E-state index contributed by atoms with van der Waals surface area (Å²) in [7, 11) is 0. The number of carboxylic acids is 1. The normalized spacial score (nSPS) is 15.8. The molecule has 2 rings (SSSR count). The molecule has 1 aromatic rings. The van der Waals surface area contributed by atoms with Crippen LogP contribution in [0, 0.1) is 5.41 Å². The lowest BCUT2D eigenvalue weighted by molar-refractivity contribution is -0.147. The second kappa shape index (κ2) is 5.40. The van der Waals surface area contributed by atoms with E-state index in [1.54, 1.807) is 12.1 Å². The van der Waals surface area contributed by atoms with Gasteiger partial charge in [0.15, 0.2) is 0 Å². The highest BCUT2D eigenvalue weighted by Crippen LogP contribution is 2.46. The molecule has 5 nitrogen and oxygen atoms in total. The predicted octanol–water partition coefficient (Wildman–Crippen LogP) is 2.03. The number of nitrogens with one attached hydrogen (secondary N) is 1. The summed E-state index contributed by atoms with van der Waals surface area (Å²) in [6, 6.07) is 7.25. The van der Waals surface area contributed by atoms with Crippen LogP contribution in [-0.4, -0.2) is 23.6 Å². The molecule has 0 saturated heterocycles. The Bertz CT molecular complexity index is 494. The maximum Gasteiger partial charge on any atom is 0.319 e. The highest BCUT2D eigenvalue weighted by molar-refractivity contribution is 6.10. The van der Waals surface area contributed by atoms with Gasteiger partial charge in [-0.2, -0.15) is 0 Å². The van der Waals surface area contributed by atoms with E-state index in [1.165, 1.54) is 0 Å². The molecule has 0 aliphatic heterocycles. The van der Waals surface area contributed by atoms with E-state index in [9.17, 15) is 9.59 Å². The van der Waals surface area contributed by atoms with Crippen molar-refractivity contribution in [3.63, 3.8) is 0 Å². The number of ether oxygens (including phenoxy) is 1. The predicted molar refractivity (Wildman–Crippen MR) is 69.7 cm³/mol. The number of rotatable bonds is 6. The average molecular weight is 263 g/mol. The first-order valence-corrected chi connectivity index (χ1v) is 6.30. The van der Waals surface area contributed by atoms with Crippen molar-refractivity contribution >= 4 is 17.6 Å². The summed E-state index contributed by atoms with van der Waals surface area (Å²) in [5.74, 6) is -1.48. The second-order valence-corrected chi connectivity index (χ2v) is 4.68. The minimum absolute atomic E-state index is 0.410. The van der Waals surface area contributed by atoms with Gasteiger partial charge in [0.25, 0.3) is 0 Å². The Morgan fingerprint density at radius 2 is 2.16 bits per heavy atom. The lowest BCUT2D eigenvalue weighted by Gasteiger charge is -2.11. The van der Waals surface area contributed by atoms with Crippen LogP contribution in [0.4, 0.5) is 5.69 Å². The zero-order valence-corrected chi connectivity index (χ0v) is 10.8. The van der Waals surface area contributed by atoms with Gasteiger partial charge in [-0.05, 0) is 37.5 Å². The number of benzene rings is 1. The van der Waals surface area contributed by atoms with Crippen molar-refractivity contribution in [3.05, 3.63) is 29.8 Å². The molecule has 0 radical (unpaired) electrons. The molecule has 102 valence electrons. The number of anilines is 1. The van der Waals surface area contributed by atoms with Gasteiger partial charge in [-0.25, -0.2) is 0 Å². The molecule has 19 heavy (non-hydrogen) atoms. The van der Waals surface area contributed by atoms with Crippen LogP contribution in [0.25, 0.3) is 0 Å². The largest absolute Gasteiger partial charge is 0.480 e. The maximum atomic E-state index is 11.9. The summed E-state index contributed by atoms with van der Waals surface area (Å²) < 4.78 is 5.29. The Kier molecular flexibility index (Phi) is 3.85. The van der Waals surface area contributed by atoms with Gasteiger partial charge >= 0.3 is 5.97 Å². The Labute approximate surface area is 111 Å². The number of hydrogen-bond acceptors (Lipinski definition) is 3. The number of amides is 1. The minimum atomic E-state index is -1.21. The molecule has 0 unspecified atom stereocenters. The number of carbonyl (C=O) groups is 2. The molecule has 1 aliphatic rings. The fourth-order valence-electron chi connectivity index (χ4n) is 1.87. The first-order chi connectivity index (χ1) is 9.08. The third kappa shape index (κ3) is 2.93. The Morgan fingerprint density at radius 3 is 2.74 bits per heavy atom. The fraction of sp³-hybridized carbons (Fsp3) is 0.429. The molecule has 0 heterocycles.